The van der Waals surface area contributed by atoms with Gasteiger partial charge in [-0.25, -0.2) is 4.98 Å². The topological polar surface area (TPSA) is 41.6 Å². The molecule has 0 saturated carbocycles. The van der Waals surface area contributed by atoms with Crippen molar-refractivity contribution in [1.82, 2.24) is 15.2 Å². The summed E-state index contributed by atoms with van der Waals surface area (Å²) in [6.07, 6.45) is 0. The lowest BCUT2D eigenvalue weighted by Gasteiger charge is -1.87. The van der Waals surface area contributed by atoms with E-state index in [9.17, 15) is 0 Å². The molecular formula is C5H8BrN3S. The van der Waals surface area contributed by atoms with Gasteiger partial charge in [0.1, 0.15) is 5.82 Å². The van der Waals surface area contributed by atoms with Crippen molar-refractivity contribution in [2.45, 2.75) is 12.1 Å². The number of halogens is 1. The fourth-order valence-electron chi connectivity index (χ4n) is 0.517. The summed E-state index contributed by atoms with van der Waals surface area (Å²) in [6, 6.07) is 0. The Morgan fingerprint density at radius 2 is 2.50 bits per heavy atom. The molecule has 0 atom stereocenters. The zero-order valence-corrected chi connectivity index (χ0v) is 8.00. The second kappa shape index (κ2) is 3.98. The van der Waals surface area contributed by atoms with Crippen LogP contribution in [0.5, 0.6) is 0 Å². The number of H-pyrrole nitrogens is 1. The molecule has 10 heavy (non-hydrogen) atoms. The first-order chi connectivity index (χ1) is 4.83. The molecule has 0 aliphatic heterocycles. The van der Waals surface area contributed by atoms with Crippen molar-refractivity contribution < 1.29 is 0 Å². The van der Waals surface area contributed by atoms with Crippen LogP contribution in [0, 0.1) is 6.92 Å². The molecule has 1 aromatic rings. The average Bonchev–Trinajstić information content (AvgIpc) is 2.31. The van der Waals surface area contributed by atoms with Gasteiger partial charge in [-0.3, -0.25) is 5.10 Å². The minimum atomic E-state index is 0.831. The van der Waals surface area contributed by atoms with Crippen LogP contribution in [0.25, 0.3) is 0 Å². The largest absolute Gasteiger partial charge is 0.262 e. The van der Waals surface area contributed by atoms with Crippen LogP contribution in [0.3, 0.4) is 0 Å². The van der Waals surface area contributed by atoms with Gasteiger partial charge in [0.25, 0.3) is 0 Å². The molecule has 0 spiro atoms. The predicted molar refractivity (Wildman–Crippen MR) is 45.6 cm³/mol. The standard InChI is InChI=1S/C5H8BrN3S/c1-4-7-5(9-8-4)10-3-2-6/h2-3H2,1H3,(H,7,8,9). The summed E-state index contributed by atoms with van der Waals surface area (Å²) >= 11 is 4.97. The van der Waals surface area contributed by atoms with E-state index in [0.29, 0.717) is 0 Å². The third-order valence-corrected chi connectivity index (χ3v) is 2.66. The minimum absolute atomic E-state index is 0.831. The molecule has 1 rings (SSSR count). The number of aromatic amines is 1. The molecule has 0 fully saturated rings. The van der Waals surface area contributed by atoms with Gasteiger partial charge in [-0.1, -0.05) is 27.7 Å². The number of thioether (sulfide) groups is 1. The number of aromatic nitrogens is 3. The van der Waals surface area contributed by atoms with Crippen molar-refractivity contribution in [2.75, 3.05) is 11.1 Å². The maximum Gasteiger partial charge on any atom is 0.208 e. The average molecular weight is 222 g/mol. The highest BCUT2D eigenvalue weighted by atomic mass is 79.9. The van der Waals surface area contributed by atoms with Gasteiger partial charge in [-0.2, -0.15) is 0 Å². The third-order valence-electron chi connectivity index (χ3n) is 0.885. The van der Waals surface area contributed by atoms with Crippen LogP contribution in [0.2, 0.25) is 0 Å². The van der Waals surface area contributed by atoms with E-state index in [1.807, 2.05) is 6.92 Å². The summed E-state index contributed by atoms with van der Waals surface area (Å²) in [5.41, 5.74) is 0. The minimum Gasteiger partial charge on any atom is -0.262 e. The first-order valence-electron chi connectivity index (χ1n) is 2.90. The molecule has 3 nitrogen and oxygen atoms in total. The number of aryl methyl sites for hydroxylation is 1. The summed E-state index contributed by atoms with van der Waals surface area (Å²) in [4.78, 5) is 4.12. The number of hydrogen-bond donors (Lipinski definition) is 1. The highest BCUT2D eigenvalue weighted by Gasteiger charge is 1.97. The Kier molecular flexibility index (Phi) is 3.21. The first kappa shape index (κ1) is 8.07. The van der Waals surface area contributed by atoms with Gasteiger partial charge in [-0.15, -0.1) is 5.10 Å². The predicted octanol–water partition coefficient (Wildman–Crippen LogP) is 1.60. The van der Waals surface area contributed by atoms with E-state index < -0.39 is 0 Å². The van der Waals surface area contributed by atoms with E-state index in [-0.39, 0.29) is 0 Å². The van der Waals surface area contributed by atoms with Crippen LogP contribution in [0.15, 0.2) is 5.16 Å². The smallest absolute Gasteiger partial charge is 0.208 e. The molecule has 0 aromatic carbocycles. The summed E-state index contributed by atoms with van der Waals surface area (Å²) in [5, 5.41) is 8.55. The summed E-state index contributed by atoms with van der Waals surface area (Å²) in [6.45, 7) is 1.89. The maximum atomic E-state index is 4.12. The van der Waals surface area contributed by atoms with Crippen LogP contribution >= 0.6 is 27.7 Å². The van der Waals surface area contributed by atoms with Gasteiger partial charge in [0, 0.05) is 11.1 Å². The summed E-state index contributed by atoms with van der Waals surface area (Å²) in [7, 11) is 0. The lowest BCUT2D eigenvalue weighted by molar-refractivity contribution is 0.970. The lowest BCUT2D eigenvalue weighted by Crippen LogP contribution is -1.80. The van der Waals surface area contributed by atoms with Crippen molar-refractivity contribution in [3.8, 4) is 0 Å². The zero-order valence-electron chi connectivity index (χ0n) is 5.59. The van der Waals surface area contributed by atoms with Crippen molar-refractivity contribution >= 4 is 27.7 Å². The molecule has 56 valence electrons. The molecule has 0 radical (unpaired) electrons. The molecule has 0 aliphatic carbocycles. The molecule has 0 saturated heterocycles. The van der Waals surface area contributed by atoms with Crippen LogP contribution in [0.1, 0.15) is 5.82 Å². The van der Waals surface area contributed by atoms with Gasteiger partial charge in [-0.05, 0) is 6.92 Å². The van der Waals surface area contributed by atoms with Crippen LogP contribution < -0.4 is 0 Å². The second-order valence-electron chi connectivity index (χ2n) is 1.74. The SMILES string of the molecule is Cc1nc(SCCBr)n[nH]1. The highest BCUT2D eigenvalue weighted by molar-refractivity contribution is 9.09. The van der Waals surface area contributed by atoms with E-state index in [1.165, 1.54) is 0 Å². The summed E-state index contributed by atoms with van der Waals surface area (Å²) < 4.78 is 0. The Hall–Kier alpha value is -0.0300. The Labute approximate surface area is 72.1 Å². The van der Waals surface area contributed by atoms with Crippen molar-refractivity contribution in [1.29, 1.82) is 0 Å². The van der Waals surface area contributed by atoms with Gasteiger partial charge in [0.2, 0.25) is 5.16 Å². The van der Waals surface area contributed by atoms with E-state index in [1.54, 1.807) is 11.8 Å². The molecule has 1 aromatic heterocycles. The van der Waals surface area contributed by atoms with Crippen molar-refractivity contribution in [3.05, 3.63) is 5.82 Å². The number of hydrogen-bond acceptors (Lipinski definition) is 3. The van der Waals surface area contributed by atoms with E-state index in [2.05, 4.69) is 31.1 Å². The van der Waals surface area contributed by atoms with Gasteiger partial charge >= 0.3 is 0 Å². The molecule has 0 unspecified atom stereocenters. The molecule has 0 aliphatic rings. The zero-order chi connectivity index (χ0) is 7.40. The van der Waals surface area contributed by atoms with Crippen LogP contribution in [-0.4, -0.2) is 26.3 Å². The first-order valence-corrected chi connectivity index (χ1v) is 5.01. The Bertz CT molecular complexity index is 201. The molecule has 1 N–H and O–H groups in total. The Morgan fingerprint density at radius 3 is 3.00 bits per heavy atom. The van der Waals surface area contributed by atoms with Crippen molar-refractivity contribution in [2.24, 2.45) is 0 Å². The second-order valence-corrected chi connectivity index (χ2v) is 3.60. The van der Waals surface area contributed by atoms with Gasteiger partial charge in [0.05, 0.1) is 0 Å². The van der Waals surface area contributed by atoms with Crippen LogP contribution in [-0.2, 0) is 0 Å². The molecule has 1 heterocycles. The summed E-state index contributed by atoms with van der Waals surface area (Å²) in [5.74, 6) is 1.88. The maximum absolute atomic E-state index is 4.12. The van der Waals surface area contributed by atoms with E-state index >= 15 is 0 Å². The molecular weight excluding hydrogens is 214 g/mol. The third kappa shape index (κ3) is 2.30. The number of nitrogens with zero attached hydrogens (tertiary/aromatic N) is 2. The number of nitrogens with one attached hydrogen (secondary N) is 1. The fourth-order valence-corrected chi connectivity index (χ4v) is 1.57. The Morgan fingerprint density at radius 1 is 1.70 bits per heavy atom. The molecule has 0 amide bonds. The van der Waals surface area contributed by atoms with Crippen LogP contribution in [0.4, 0.5) is 0 Å². The monoisotopic (exact) mass is 221 g/mol. The molecule has 0 bridgehead atoms. The number of alkyl halides is 1. The molecule has 5 heteroatoms. The highest BCUT2D eigenvalue weighted by Crippen LogP contribution is 2.11. The van der Waals surface area contributed by atoms with E-state index in [4.69, 9.17) is 0 Å². The normalized spacial score (nSPS) is 10.2. The van der Waals surface area contributed by atoms with Crippen molar-refractivity contribution in [3.63, 3.8) is 0 Å². The lowest BCUT2D eigenvalue weighted by atomic mass is 10.8. The fraction of sp³-hybridized carbons (Fsp3) is 0.600. The Balaban J connectivity index is 2.42. The van der Waals surface area contributed by atoms with Gasteiger partial charge in [0.15, 0.2) is 0 Å². The number of rotatable bonds is 3. The van der Waals surface area contributed by atoms with Gasteiger partial charge < -0.3 is 0 Å². The quantitative estimate of drug-likeness (QED) is 0.623. The van der Waals surface area contributed by atoms with E-state index in [0.717, 1.165) is 22.1 Å².